The van der Waals surface area contributed by atoms with Crippen LogP contribution in [0.1, 0.15) is 31.4 Å². The molecule has 0 aromatic heterocycles. The highest BCUT2D eigenvalue weighted by Gasteiger charge is 2.32. The van der Waals surface area contributed by atoms with Crippen LogP contribution >= 0.6 is 0 Å². The number of carbonyl (C=O) groups is 2. The van der Waals surface area contributed by atoms with Gasteiger partial charge in [0.1, 0.15) is 24.1 Å². The minimum atomic E-state index is -4.15. The van der Waals surface area contributed by atoms with E-state index in [-0.39, 0.29) is 23.0 Å². The average molecular weight is 600 g/mol. The number of benzene rings is 4. The van der Waals surface area contributed by atoms with E-state index < -0.39 is 28.5 Å². The maximum absolute atomic E-state index is 14.1. The number of hydrogen-bond acceptors (Lipinski definition) is 5. The van der Waals surface area contributed by atoms with Gasteiger partial charge in [0, 0.05) is 13.1 Å². The lowest BCUT2D eigenvalue weighted by molar-refractivity contribution is -0.139. The zero-order valence-electron chi connectivity index (χ0n) is 24.6. The van der Waals surface area contributed by atoms with Gasteiger partial charge in [-0.25, -0.2) is 8.42 Å². The van der Waals surface area contributed by atoms with Gasteiger partial charge in [-0.3, -0.25) is 13.9 Å². The van der Waals surface area contributed by atoms with Crippen LogP contribution in [-0.4, -0.2) is 44.3 Å². The molecule has 9 heteroatoms. The number of aryl methyl sites for hydroxylation is 1. The van der Waals surface area contributed by atoms with Crippen LogP contribution in [-0.2, 0) is 26.2 Å². The molecule has 224 valence electrons. The Hall–Kier alpha value is -4.63. The largest absolute Gasteiger partial charge is 0.457 e. The van der Waals surface area contributed by atoms with Gasteiger partial charge in [-0.15, -0.1) is 0 Å². The molecule has 0 saturated heterocycles. The first-order chi connectivity index (χ1) is 20.7. The fraction of sp³-hybridized carbons (Fsp3) is 0.235. The molecule has 0 aliphatic heterocycles. The number of ether oxygens (including phenoxy) is 1. The van der Waals surface area contributed by atoms with E-state index in [1.54, 1.807) is 49.4 Å². The van der Waals surface area contributed by atoms with Crippen molar-refractivity contribution in [2.45, 2.75) is 44.7 Å². The van der Waals surface area contributed by atoms with Crippen LogP contribution in [0, 0.1) is 6.92 Å². The van der Waals surface area contributed by atoms with Crippen molar-refractivity contribution in [1.82, 2.24) is 10.2 Å². The summed E-state index contributed by atoms with van der Waals surface area (Å²) in [4.78, 5) is 28.6. The summed E-state index contributed by atoms with van der Waals surface area (Å²) in [5, 5.41) is 2.86. The van der Waals surface area contributed by atoms with E-state index in [4.69, 9.17) is 4.74 Å². The summed E-state index contributed by atoms with van der Waals surface area (Å²) in [7, 11) is -4.15. The van der Waals surface area contributed by atoms with Crippen LogP contribution in [0.15, 0.2) is 114 Å². The van der Waals surface area contributed by atoms with Crippen LogP contribution in [0.5, 0.6) is 11.5 Å². The highest BCUT2D eigenvalue weighted by Crippen LogP contribution is 2.28. The second kappa shape index (κ2) is 14.5. The number of nitrogens with zero attached hydrogens (tertiary/aromatic N) is 2. The Morgan fingerprint density at radius 2 is 1.40 bits per heavy atom. The molecule has 2 amide bonds. The third-order valence-corrected chi connectivity index (χ3v) is 8.82. The minimum absolute atomic E-state index is 0.0478. The van der Waals surface area contributed by atoms with Gasteiger partial charge in [-0.1, -0.05) is 67.6 Å². The number of anilines is 1. The summed E-state index contributed by atoms with van der Waals surface area (Å²) in [6.07, 6.45) is 0.747. The standard InChI is InChI=1S/C34H37N3O5S/c1-4-23-35-34(39)27(3)36(24-28-14-12-11-13-26(28)2)33(38)25-37(43(40,41)32-17-9-6-10-18-32)29-19-21-31(22-20-29)42-30-15-7-5-8-16-30/h5-22,27H,4,23-25H2,1-3H3,(H,35,39). The molecule has 0 saturated carbocycles. The molecule has 0 spiro atoms. The molecule has 1 atom stereocenters. The maximum atomic E-state index is 14.1. The molecule has 0 bridgehead atoms. The number of sulfonamides is 1. The van der Waals surface area contributed by atoms with E-state index in [0.717, 1.165) is 21.9 Å². The van der Waals surface area contributed by atoms with Crippen LogP contribution < -0.4 is 14.4 Å². The first-order valence-electron chi connectivity index (χ1n) is 14.2. The van der Waals surface area contributed by atoms with E-state index in [2.05, 4.69) is 5.32 Å². The number of carbonyl (C=O) groups excluding carboxylic acids is 2. The van der Waals surface area contributed by atoms with Crippen molar-refractivity contribution in [2.75, 3.05) is 17.4 Å². The van der Waals surface area contributed by atoms with Gasteiger partial charge < -0.3 is 15.0 Å². The van der Waals surface area contributed by atoms with Crippen LogP contribution in [0.25, 0.3) is 0 Å². The Morgan fingerprint density at radius 1 is 0.814 bits per heavy atom. The SMILES string of the molecule is CCCNC(=O)C(C)N(Cc1ccccc1C)C(=O)CN(c1ccc(Oc2ccccc2)cc1)S(=O)(=O)c1ccccc1. The predicted molar refractivity (Wildman–Crippen MR) is 168 cm³/mol. The minimum Gasteiger partial charge on any atom is -0.457 e. The van der Waals surface area contributed by atoms with Crippen molar-refractivity contribution in [3.8, 4) is 11.5 Å². The molecule has 0 fully saturated rings. The van der Waals surface area contributed by atoms with E-state index in [0.29, 0.717) is 18.0 Å². The van der Waals surface area contributed by atoms with E-state index in [9.17, 15) is 18.0 Å². The Labute approximate surface area is 254 Å². The highest BCUT2D eigenvalue weighted by molar-refractivity contribution is 7.92. The number of rotatable bonds is 13. The summed E-state index contributed by atoms with van der Waals surface area (Å²) < 4.78 is 34.9. The molecule has 0 radical (unpaired) electrons. The van der Waals surface area contributed by atoms with Crippen LogP contribution in [0.2, 0.25) is 0 Å². The number of para-hydroxylation sites is 1. The topological polar surface area (TPSA) is 96.0 Å². The van der Waals surface area contributed by atoms with Gasteiger partial charge in [0.25, 0.3) is 10.0 Å². The molecule has 4 aromatic rings. The van der Waals surface area contributed by atoms with Crippen molar-refractivity contribution in [3.05, 3.63) is 120 Å². The number of hydrogen-bond donors (Lipinski definition) is 1. The number of amides is 2. The number of nitrogens with one attached hydrogen (secondary N) is 1. The van der Waals surface area contributed by atoms with Crippen LogP contribution in [0.3, 0.4) is 0 Å². The quantitative estimate of drug-likeness (QED) is 0.206. The molecular weight excluding hydrogens is 562 g/mol. The third kappa shape index (κ3) is 8.02. The first kappa shape index (κ1) is 31.3. The van der Waals surface area contributed by atoms with Gasteiger partial charge in [0.15, 0.2) is 0 Å². The zero-order valence-corrected chi connectivity index (χ0v) is 25.5. The molecule has 0 aliphatic rings. The predicted octanol–water partition coefficient (Wildman–Crippen LogP) is 5.93. The van der Waals surface area contributed by atoms with Crippen molar-refractivity contribution in [2.24, 2.45) is 0 Å². The van der Waals surface area contributed by atoms with Gasteiger partial charge in [0.2, 0.25) is 11.8 Å². The monoisotopic (exact) mass is 599 g/mol. The van der Waals surface area contributed by atoms with Crippen molar-refractivity contribution in [1.29, 1.82) is 0 Å². The van der Waals surface area contributed by atoms with E-state index in [1.165, 1.54) is 17.0 Å². The normalized spacial score (nSPS) is 11.8. The van der Waals surface area contributed by atoms with Crippen molar-refractivity contribution >= 4 is 27.5 Å². The van der Waals surface area contributed by atoms with Gasteiger partial charge in [-0.2, -0.15) is 0 Å². The Morgan fingerprint density at radius 3 is 2.02 bits per heavy atom. The molecule has 8 nitrogen and oxygen atoms in total. The fourth-order valence-electron chi connectivity index (χ4n) is 4.50. The summed E-state index contributed by atoms with van der Waals surface area (Å²) in [5.74, 6) is 0.345. The summed E-state index contributed by atoms with van der Waals surface area (Å²) in [6, 6.07) is 30.5. The lowest BCUT2D eigenvalue weighted by Gasteiger charge is -2.32. The Kier molecular flexibility index (Phi) is 10.6. The van der Waals surface area contributed by atoms with Crippen molar-refractivity contribution in [3.63, 3.8) is 0 Å². The molecule has 0 heterocycles. The summed E-state index contributed by atoms with van der Waals surface area (Å²) in [6.45, 7) is 5.66. The molecular formula is C34H37N3O5S. The lowest BCUT2D eigenvalue weighted by atomic mass is 10.1. The molecule has 1 N–H and O–H groups in total. The van der Waals surface area contributed by atoms with Crippen molar-refractivity contribution < 1.29 is 22.7 Å². The van der Waals surface area contributed by atoms with E-state index >= 15 is 0 Å². The summed E-state index contributed by atoms with van der Waals surface area (Å²) in [5.41, 5.74) is 2.12. The molecule has 0 aliphatic carbocycles. The van der Waals surface area contributed by atoms with E-state index in [1.807, 2.05) is 68.4 Å². The Bertz CT molecular complexity index is 1610. The maximum Gasteiger partial charge on any atom is 0.264 e. The average Bonchev–Trinajstić information content (AvgIpc) is 3.03. The molecule has 1 unspecified atom stereocenters. The summed E-state index contributed by atoms with van der Waals surface area (Å²) >= 11 is 0. The lowest BCUT2D eigenvalue weighted by Crippen LogP contribution is -2.51. The Balaban J connectivity index is 1.69. The van der Waals surface area contributed by atoms with Gasteiger partial charge in [-0.05, 0) is 79.9 Å². The third-order valence-electron chi connectivity index (χ3n) is 7.03. The second-order valence-corrected chi connectivity index (χ2v) is 12.0. The highest BCUT2D eigenvalue weighted by atomic mass is 32.2. The first-order valence-corrected chi connectivity index (χ1v) is 15.7. The second-order valence-electron chi connectivity index (χ2n) is 10.1. The molecule has 43 heavy (non-hydrogen) atoms. The zero-order chi connectivity index (χ0) is 30.8. The molecule has 4 rings (SSSR count). The van der Waals surface area contributed by atoms with Crippen LogP contribution in [0.4, 0.5) is 5.69 Å². The van der Waals surface area contributed by atoms with Gasteiger partial charge >= 0.3 is 0 Å². The smallest absolute Gasteiger partial charge is 0.264 e. The fourth-order valence-corrected chi connectivity index (χ4v) is 5.94. The molecule has 4 aromatic carbocycles. The van der Waals surface area contributed by atoms with Gasteiger partial charge in [0.05, 0.1) is 10.6 Å².